The largest absolute Gasteiger partial charge is 0.397 e. The molecule has 0 amide bonds. The fraction of sp³-hybridized carbons (Fsp3) is 0.0769. The summed E-state index contributed by atoms with van der Waals surface area (Å²) in [6.45, 7) is 0. The summed E-state index contributed by atoms with van der Waals surface area (Å²) in [7, 11) is -2.16. The first-order valence-electron chi connectivity index (χ1n) is 5.88. The Morgan fingerprint density at radius 3 is 2.38 bits per heavy atom. The molecule has 5 nitrogen and oxygen atoms in total. The van der Waals surface area contributed by atoms with Crippen LogP contribution in [-0.2, 0) is 10.0 Å². The molecule has 0 radical (unpaired) electrons. The second kappa shape index (κ2) is 6.23. The van der Waals surface area contributed by atoms with Crippen molar-refractivity contribution in [2.24, 2.45) is 0 Å². The zero-order chi connectivity index (χ0) is 15.6. The Hall–Kier alpha value is -1.28. The van der Waals surface area contributed by atoms with Gasteiger partial charge in [0.2, 0.25) is 10.0 Å². The smallest absolute Gasteiger partial charge is 0.240 e. The van der Waals surface area contributed by atoms with Crippen LogP contribution in [0.3, 0.4) is 0 Å². The molecule has 0 saturated heterocycles. The number of sulfonamides is 1. The summed E-state index contributed by atoms with van der Waals surface area (Å²) in [4.78, 5) is 0.114. The van der Waals surface area contributed by atoms with Gasteiger partial charge in [-0.15, -0.1) is 0 Å². The lowest BCUT2D eigenvalue weighted by molar-refractivity contribution is 0.588. The fourth-order valence-corrected chi connectivity index (χ4v) is 3.22. The van der Waals surface area contributed by atoms with Crippen LogP contribution >= 0.6 is 27.5 Å². The molecule has 0 aliphatic rings. The average Bonchev–Trinajstić information content (AvgIpc) is 2.43. The molecule has 2 rings (SSSR count). The number of hydrogen-bond donors (Lipinski definition) is 3. The molecule has 0 aromatic heterocycles. The molecule has 0 spiro atoms. The first-order valence-corrected chi connectivity index (χ1v) is 8.54. The van der Waals surface area contributed by atoms with Crippen LogP contribution in [0.2, 0.25) is 5.02 Å². The van der Waals surface area contributed by atoms with E-state index < -0.39 is 10.0 Å². The highest BCUT2D eigenvalue weighted by Crippen LogP contribution is 2.31. The normalized spacial score (nSPS) is 11.4. The van der Waals surface area contributed by atoms with Crippen LogP contribution in [0.1, 0.15) is 0 Å². The van der Waals surface area contributed by atoms with E-state index in [4.69, 9.17) is 17.3 Å². The Balaban J connectivity index is 2.34. The van der Waals surface area contributed by atoms with Crippen LogP contribution in [-0.4, -0.2) is 15.5 Å². The molecule has 4 N–H and O–H groups in total. The minimum atomic E-state index is -3.51. The van der Waals surface area contributed by atoms with E-state index in [-0.39, 0.29) is 4.90 Å². The van der Waals surface area contributed by atoms with Gasteiger partial charge in [-0.05, 0) is 59.4 Å². The third-order valence-electron chi connectivity index (χ3n) is 2.80. The molecular weight excluding hydrogens is 378 g/mol. The number of nitrogens with two attached hydrogens (primary N) is 1. The van der Waals surface area contributed by atoms with Crippen LogP contribution in [0.4, 0.5) is 17.1 Å². The number of benzene rings is 2. The van der Waals surface area contributed by atoms with Crippen molar-refractivity contribution < 1.29 is 8.42 Å². The lowest BCUT2D eigenvalue weighted by Crippen LogP contribution is -2.18. The Morgan fingerprint density at radius 2 is 1.81 bits per heavy atom. The van der Waals surface area contributed by atoms with E-state index in [1.165, 1.54) is 19.2 Å². The average molecular weight is 391 g/mol. The van der Waals surface area contributed by atoms with Crippen LogP contribution in [0.15, 0.2) is 45.8 Å². The molecule has 2 aromatic rings. The second-order valence-corrected chi connectivity index (χ2v) is 7.38. The Morgan fingerprint density at radius 1 is 1.14 bits per heavy atom. The van der Waals surface area contributed by atoms with E-state index in [0.29, 0.717) is 16.4 Å². The highest BCUT2D eigenvalue weighted by molar-refractivity contribution is 9.10. The number of rotatable bonds is 4. The minimum Gasteiger partial charge on any atom is -0.397 e. The highest BCUT2D eigenvalue weighted by Gasteiger charge is 2.13. The van der Waals surface area contributed by atoms with Crippen molar-refractivity contribution in [3.63, 3.8) is 0 Å². The summed E-state index contributed by atoms with van der Waals surface area (Å²) in [6, 6.07) is 9.78. The van der Waals surface area contributed by atoms with Crippen LogP contribution in [0, 0.1) is 0 Å². The van der Waals surface area contributed by atoms with Crippen molar-refractivity contribution in [3.05, 3.63) is 45.9 Å². The zero-order valence-corrected chi connectivity index (χ0v) is 14.2. The number of hydrogen-bond acceptors (Lipinski definition) is 4. The third-order valence-corrected chi connectivity index (χ3v) is 5.11. The number of anilines is 3. The summed E-state index contributed by atoms with van der Waals surface area (Å²) < 4.78 is 26.4. The highest BCUT2D eigenvalue weighted by atomic mass is 79.9. The second-order valence-electron chi connectivity index (χ2n) is 4.21. The number of nitrogen functional groups attached to an aromatic ring is 1. The van der Waals surface area contributed by atoms with Gasteiger partial charge in [-0.2, -0.15) is 0 Å². The van der Waals surface area contributed by atoms with Crippen LogP contribution in [0.25, 0.3) is 0 Å². The van der Waals surface area contributed by atoms with Gasteiger partial charge in [0.15, 0.2) is 0 Å². The molecule has 0 atom stereocenters. The maximum atomic E-state index is 11.7. The summed E-state index contributed by atoms with van der Waals surface area (Å²) in [5, 5.41) is 3.73. The Kier molecular flexibility index (Phi) is 4.77. The Bertz CT molecular complexity index is 781. The molecule has 112 valence electrons. The van der Waals surface area contributed by atoms with Crippen molar-refractivity contribution >= 4 is 54.6 Å². The number of nitrogens with one attached hydrogen (secondary N) is 2. The lowest BCUT2D eigenvalue weighted by atomic mass is 10.2. The van der Waals surface area contributed by atoms with Gasteiger partial charge < -0.3 is 11.1 Å². The van der Waals surface area contributed by atoms with Gasteiger partial charge in [0.05, 0.1) is 22.0 Å². The van der Waals surface area contributed by atoms with E-state index >= 15 is 0 Å². The summed E-state index contributed by atoms with van der Waals surface area (Å²) >= 11 is 9.27. The molecule has 0 saturated carbocycles. The van der Waals surface area contributed by atoms with E-state index in [1.54, 1.807) is 24.3 Å². The molecule has 0 aliphatic heterocycles. The predicted molar refractivity (Wildman–Crippen MR) is 89.5 cm³/mol. The molecule has 0 bridgehead atoms. The first-order chi connectivity index (χ1) is 9.83. The standard InChI is InChI=1S/C13H13BrClN3O2S/c1-17-21(19,20)9-3-5-13(11(16)7-9)18-12-4-2-8(15)6-10(12)14/h2-7,17-18H,16H2,1H3. The molecule has 0 aliphatic carbocycles. The van der Waals surface area contributed by atoms with E-state index in [2.05, 4.69) is 26.0 Å². The van der Waals surface area contributed by atoms with E-state index in [0.717, 1.165) is 10.2 Å². The molecule has 8 heteroatoms. The quantitative estimate of drug-likeness (QED) is 0.699. The molecule has 0 heterocycles. The van der Waals surface area contributed by atoms with Crippen molar-refractivity contribution in [2.75, 3.05) is 18.1 Å². The molecule has 2 aromatic carbocycles. The molecule has 0 fully saturated rings. The van der Waals surface area contributed by atoms with Crippen molar-refractivity contribution in [1.82, 2.24) is 4.72 Å². The van der Waals surface area contributed by atoms with Gasteiger partial charge in [0.25, 0.3) is 0 Å². The maximum Gasteiger partial charge on any atom is 0.240 e. The van der Waals surface area contributed by atoms with Crippen molar-refractivity contribution in [2.45, 2.75) is 4.90 Å². The third kappa shape index (κ3) is 3.68. The molecule has 21 heavy (non-hydrogen) atoms. The summed E-state index contributed by atoms with van der Waals surface area (Å²) in [6.07, 6.45) is 0. The molecule has 0 unspecified atom stereocenters. The van der Waals surface area contributed by atoms with Crippen LogP contribution < -0.4 is 15.8 Å². The van der Waals surface area contributed by atoms with Gasteiger partial charge in [-0.25, -0.2) is 13.1 Å². The van der Waals surface area contributed by atoms with E-state index in [1.807, 2.05) is 0 Å². The zero-order valence-electron chi connectivity index (χ0n) is 11.0. The monoisotopic (exact) mass is 389 g/mol. The Labute approximate surface area is 136 Å². The summed E-state index contributed by atoms with van der Waals surface area (Å²) in [5.41, 5.74) is 7.61. The van der Waals surface area contributed by atoms with Gasteiger partial charge in [-0.3, -0.25) is 0 Å². The van der Waals surface area contributed by atoms with Crippen LogP contribution in [0.5, 0.6) is 0 Å². The van der Waals surface area contributed by atoms with E-state index in [9.17, 15) is 8.42 Å². The lowest BCUT2D eigenvalue weighted by Gasteiger charge is -2.12. The van der Waals surface area contributed by atoms with Crippen molar-refractivity contribution in [3.8, 4) is 0 Å². The molecular formula is C13H13BrClN3O2S. The predicted octanol–water partition coefficient (Wildman–Crippen LogP) is 3.34. The van der Waals surface area contributed by atoms with Gasteiger partial charge >= 0.3 is 0 Å². The van der Waals surface area contributed by atoms with Gasteiger partial charge in [0.1, 0.15) is 0 Å². The fourth-order valence-electron chi connectivity index (χ4n) is 1.68. The first kappa shape index (κ1) is 16.1. The van der Waals surface area contributed by atoms with Gasteiger partial charge in [-0.1, -0.05) is 11.6 Å². The minimum absolute atomic E-state index is 0.114. The number of halogens is 2. The summed E-state index contributed by atoms with van der Waals surface area (Å²) in [5.74, 6) is 0. The van der Waals surface area contributed by atoms with Crippen molar-refractivity contribution in [1.29, 1.82) is 0 Å². The van der Waals surface area contributed by atoms with Gasteiger partial charge in [0, 0.05) is 9.50 Å². The maximum absolute atomic E-state index is 11.7. The SMILES string of the molecule is CNS(=O)(=O)c1ccc(Nc2ccc(Cl)cc2Br)c(N)c1. The topological polar surface area (TPSA) is 84.2 Å².